The van der Waals surface area contributed by atoms with Gasteiger partial charge in [0.15, 0.2) is 0 Å². The number of hydrogen-bond acceptors (Lipinski definition) is 5. The largest absolute Gasteiger partial charge is 0.396 e. The number of fused-ring (bicyclic) bond motifs is 4. The molecule has 2 bridgehead atoms. The fourth-order valence-electron chi connectivity index (χ4n) is 6.07. The van der Waals surface area contributed by atoms with Gasteiger partial charge in [-0.3, -0.25) is 19.5 Å². The molecular formula is C30H32N4O3. The standard InChI is InChI=1S/C30H32N4O3/c35-19-24-26-18-34-25(14-13-22(30(34)37)12-11-20-6-2-1-3-7-20)28(33(26)17-21-9-10-21)27(24)29(36)32-16-23-8-4-5-15-31-23/h1-8,11-15,21,24,26-28,35H,9-10,16-19H2,(H,32,36)/t24-,26-,27+,28+/m0/s1. The van der Waals surface area contributed by atoms with E-state index in [1.54, 1.807) is 6.20 Å². The van der Waals surface area contributed by atoms with Crippen molar-refractivity contribution < 1.29 is 9.90 Å². The molecule has 4 atom stereocenters. The van der Waals surface area contributed by atoms with Gasteiger partial charge in [-0.15, -0.1) is 0 Å². The van der Waals surface area contributed by atoms with E-state index in [1.165, 1.54) is 12.8 Å². The van der Waals surface area contributed by atoms with Gasteiger partial charge >= 0.3 is 0 Å². The second kappa shape index (κ2) is 10.1. The Morgan fingerprint density at radius 3 is 2.59 bits per heavy atom. The highest BCUT2D eigenvalue weighted by Gasteiger charge is 2.56. The first-order valence-corrected chi connectivity index (χ1v) is 13.1. The topological polar surface area (TPSA) is 87.5 Å². The maximum absolute atomic E-state index is 13.6. The molecule has 190 valence electrons. The van der Waals surface area contributed by atoms with E-state index in [0.717, 1.165) is 23.5 Å². The maximum Gasteiger partial charge on any atom is 0.258 e. The Balaban J connectivity index is 1.33. The quantitative estimate of drug-likeness (QED) is 0.501. The summed E-state index contributed by atoms with van der Waals surface area (Å²) < 4.78 is 1.85. The monoisotopic (exact) mass is 496 g/mol. The number of benzene rings is 1. The molecule has 1 aliphatic carbocycles. The van der Waals surface area contributed by atoms with Crippen molar-refractivity contribution in [2.24, 2.45) is 17.8 Å². The van der Waals surface area contributed by atoms with E-state index in [0.29, 0.717) is 24.6 Å². The van der Waals surface area contributed by atoms with Gasteiger partial charge in [0.1, 0.15) is 0 Å². The molecule has 3 aromatic rings. The highest BCUT2D eigenvalue weighted by atomic mass is 16.3. The fraction of sp³-hybridized carbons (Fsp3) is 0.367. The second-order valence-corrected chi connectivity index (χ2v) is 10.4. The van der Waals surface area contributed by atoms with Crippen LogP contribution in [0.4, 0.5) is 0 Å². The van der Waals surface area contributed by atoms with Crippen LogP contribution in [0.2, 0.25) is 0 Å². The van der Waals surface area contributed by atoms with Crippen LogP contribution in [0, 0.1) is 17.8 Å². The van der Waals surface area contributed by atoms with Crippen molar-refractivity contribution in [3.8, 4) is 0 Å². The van der Waals surface area contributed by atoms with Crippen LogP contribution < -0.4 is 10.9 Å². The Bertz CT molecular complexity index is 1350. The van der Waals surface area contributed by atoms with E-state index in [9.17, 15) is 14.7 Å². The summed E-state index contributed by atoms with van der Waals surface area (Å²) in [5.74, 6) is -0.135. The van der Waals surface area contributed by atoms with Crippen LogP contribution in [0.1, 0.15) is 41.4 Å². The zero-order chi connectivity index (χ0) is 25.4. The number of pyridine rings is 2. The fourth-order valence-corrected chi connectivity index (χ4v) is 6.07. The van der Waals surface area contributed by atoms with Crippen molar-refractivity contribution in [1.29, 1.82) is 0 Å². The molecule has 3 aliphatic rings. The number of carbonyl (C=O) groups excluding carboxylic acids is 1. The average molecular weight is 497 g/mol. The number of aromatic nitrogens is 2. The first kappa shape index (κ1) is 23.8. The zero-order valence-electron chi connectivity index (χ0n) is 20.7. The normalized spacial score (nSPS) is 24.8. The molecule has 1 saturated heterocycles. The number of carbonyl (C=O) groups is 1. The zero-order valence-corrected chi connectivity index (χ0v) is 20.7. The van der Waals surface area contributed by atoms with Gasteiger partial charge in [-0.2, -0.15) is 0 Å². The minimum absolute atomic E-state index is 0.0445. The van der Waals surface area contributed by atoms with Crippen LogP contribution in [0.25, 0.3) is 12.2 Å². The Kier molecular flexibility index (Phi) is 6.49. The lowest BCUT2D eigenvalue weighted by Crippen LogP contribution is -2.47. The summed E-state index contributed by atoms with van der Waals surface area (Å²) in [5, 5.41) is 13.5. The maximum atomic E-state index is 13.6. The first-order valence-electron chi connectivity index (χ1n) is 13.1. The van der Waals surface area contributed by atoms with Crippen LogP contribution in [0.3, 0.4) is 0 Å². The van der Waals surface area contributed by atoms with E-state index in [4.69, 9.17) is 0 Å². The van der Waals surface area contributed by atoms with Crippen molar-refractivity contribution in [3.05, 3.63) is 99.7 Å². The summed E-state index contributed by atoms with van der Waals surface area (Å²) in [6.45, 7) is 1.64. The van der Waals surface area contributed by atoms with Crippen molar-refractivity contribution in [3.63, 3.8) is 0 Å². The molecule has 2 aliphatic heterocycles. The molecule has 0 unspecified atom stereocenters. The lowest BCUT2D eigenvalue weighted by Gasteiger charge is -2.38. The van der Waals surface area contributed by atoms with Gasteiger partial charge in [-0.1, -0.05) is 42.5 Å². The third kappa shape index (κ3) is 4.65. The van der Waals surface area contributed by atoms with Crippen molar-refractivity contribution >= 4 is 18.1 Å². The average Bonchev–Trinajstić information content (AvgIpc) is 3.72. The minimum Gasteiger partial charge on any atom is -0.396 e. The van der Waals surface area contributed by atoms with Crippen LogP contribution >= 0.6 is 0 Å². The molecule has 2 aromatic heterocycles. The van der Waals surface area contributed by atoms with E-state index in [-0.39, 0.29) is 36.1 Å². The summed E-state index contributed by atoms with van der Waals surface area (Å²) in [4.78, 5) is 33.9. The summed E-state index contributed by atoms with van der Waals surface area (Å²) in [5.41, 5.74) is 3.27. The van der Waals surface area contributed by atoms with Gasteiger partial charge in [0, 0.05) is 49.1 Å². The third-order valence-corrected chi connectivity index (χ3v) is 8.09. The molecule has 0 radical (unpaired) electrons. The number of nitrogens with one attached hydrogen (secondary N) is 1. The smallest absolute Gasteiger partial charge is 0.258 e. The molecule has 1 amide bonds. The predicted molar refractivity (Wildman–Crippen MR) is 142 cm³/mol. The number of amides is 1. The van der Waals surface area contributed by atoms with E-state index >= 15 is 0 Å². The summed E-state index contributed by atoms with van der Waals surface area (Å²) >= 11 is 0. The van der Waals surface area contributed by atoms with Gasteiger partial charge in [-0.05, 0) is 54.7 Å². The SMILES string of the molecule is O=C(NCc1ccccn1)[C@@H]1[C@@H](CO)[C@@H]2Cn3c(ccc(C=Cc4ccccc4)c3=O)[C@H]1N2CC1CC1. The second-order valence-electron chi connectivity index (χ2n) is 10.4. The lowest BCUT2D eigenvalue weighted by molar-refractivity contribution is -0.127. The number of nitrogens with zero attached hydrogens (tertiary/aromatic N) is 3. The highest BCUT2D eigenvalue weighted by Crippen LogP contribution is 2.50. The molecule has 2 fully saturated rings. The van der Waals surface area contributed by atoms with Crippen molar-refractivity contribution in [1.82, 2.24) is 19.8 Å². The Morgan fingerprint density at radius 1 is 1.05 bits per heavy atom. The highest BCUT2D eigenvalue weighted by molar-refractivity contribution is 5.80. The van der Waals surface area contributed by atoms with Gasteiger partial charge in [0.25, 0.3) is 5.56 Å². The molecule has 7 heteroatoms. The Hall–Kier alpha value is -3.55. The van der Waals surface area contributed by atoms with Gasteiger partial charge in [-0.25, -0.2) is 0 Å². The summed E-state index contributed by atoms with van der Waals surface area (Å²) in [6, 6.07) is 19.1. The van der Waals surface area contributed by atoms with Gasteiger partial charge in [0.05, 0.1) is 24.2 Å². The van der Waals surface area contributed by atoms with Gasteiger partial charge in [0.2, 0.25) is 5.91 Å². The molecule has 6 rings (SSSR count). The van der Waals surface area contributed by atoms with Crippen LogP contribution in [-0.2, 0) is 17.9 Å². The van der Waals surface area contributed by atoms with E-state index in [2.05, 4.69) is 15.2 Å². The minimum atomic E-state index is -0.434. The van der Waals surface area contributed by atoms with Gasteiger partial charge < -0.3 is 15.0 Å². The molecule has 7 nitrogen and oxygen atoms in total. The molecule has 0 spiro atoms. The van der Waals surface area contributed by atoms with Crippen LogP contribution in [-0.4, -0.2) is 44.7 Å². The Morgan fingerprint density at radius 2 is 1.86 bits per heavy atom. The third-order valence-electron chi connectivity index (χ3n) is 8.09. The number of hydrogen-bond donors (Lipinski definition) is 2. The van der Waals surface area contributed by atoms with Crippen LogP contribution in [0.15, 0.2) is 71.7 Å². The molecule has 4 heterocycles. The molecule has 1 aromatic carbocycles. The summed E-state index contributed by atoms with van der Waals surface area (Å²) in [6.07, 6.45) is 7.93. The van der Waals surface area contributed by atoms with Crippen molar-refractivity contribution in [2.45, 2.75) is 38.0 Å². The summed E-state index contributed by atoms with van der Waals surface area (Å²) in [7, 11) is 0. The van der Waals surface area contributed by atoms with E-state index < -0.39 is 5.92 Å². The number of aliphatic hydroxyl groups excluding tert-OH is 1. The van der Waals surface area contributed by atoms with Crippen molar-refractivity contribution in [2.75, 3.05) is 13.2 Å². The predicted octanol–water partition coefficient (Wildman–Crippen LogP) is 3.10. The molecule has 2 N–H and O–H groups in total. The number of rotatable bonds is 8. The Labute approximate surface area is 216 Å². The lowest BCUT2D eigenvalue weighted by atomic mass is 9.86. The molecule has 1 saturated carbocycles. The number of aliphatic hydroxyl groups is 1. The van der Waals surface area contributed by atoms with Crippen LogP contribution in [0.5, 0.6) is 0 Å². The first-order chi connectivity index (χ1) is 18.1. The molecular weight excluding hydrogens is 464 g/mol. The van der Waals surface area contributed by atoms with E-state index in [1.807, 2.05) is 77.4 Å². The molecule has 37 heavy (non-hydrogen) atoms.